The minimum Gasteiger partial charge on any atom is -0.353 e. The van der Waals surface area contributed by atoms with E-state index < -0.39 is 5.79 Å². The molecule has 2 saturated heterocycles. The first-order valence-corrected chi connectivity index (χ1v) is 6.20. The lowest BCUT2D eigenvalue weighted by Crippen LogP contribution is -2.30. The van der Waals surface area contributed by atoms with Gasteiger partial charge in [-0.3, -0.25) is 0 Å². The monoisotopic (exact) mass is 314 g/mol. The molecule has 0 saturated carbocycles. The fourth-order valence-corrected chi connectivity index (χ4v) is 2.67. The van der Waals surface area contributed by atoms with Gasteiger partial charge in [0.2, 0.25) is 0 Å². The van der Waals surface area contributed by atoms with Crippen LogP contribution >= 0.6 is 22.6 Å². The number of ether oxygens (including phenoxy) is 4. The lowest BCUT2D eigenvalue weighted by atomic mass is 10.2. The molecule has 2 aliphatic rings. The summed E-state index contributed by atoms with van der Waals surface area (Å²) in [6, 6.07) is 0. The van der Waals surface area contributed by atoms with Crippen molar-refractivity contribution in [2.75, 3.05) is 11.5 Å². The summed E-state index contributed by atoms with van der Waals surface area (Å²) in [5.41, 5.74) is 0. The van der Waals surface area contributed by atoms with E-state index in [0.717, 1.165) is 4.43 Å². The summed E-state index contributed by atoms with van der Waals surface area (Å²) in [5, 5.41) is 0. The van der Waals surface area contributed by atoms with Crippen LogP contribution in [0.3, 0.4) is 0 Å². The van der Waals surface area contributed by atoms with Gasteiger partial charge in [0.1, 0.15) is 12.2 Å². The van der Waals surface area contributed by atoms with Gasteiger partial charge in [0.25, 0.3) is 0 Å². The summed E-state index contributed by atoms with van der Waals surface area (Å²) in [6.45, 7) is 3.84. The van der Waals surface area contributed by atoms with Gasteiger partial charge in [0.05, 0.1) is 6.10 Å². The Kier molecular flexibility index (Phi) is 3.05. The van der Waals surface area contributed by atoms with Crippen LogP contribution in [0.5, 0.6) is 0 Å². The molecule has 0 aliphatic carbocycles. The average Bonchev–Trinajstić information content (AvgIpc) is 2.57. The van der Waals surface area contributed by atoms with Crippen molar-refractivity contribution in [1.82, 2.24) is 0 Å². The van der Waals surface area contributed by atoms with Gasteiger partial charge >= 0.3 is 0 Å². The molecule has 82 valence electrons. The Morgan fingerprint density at radius 2 is 1.93 bits per heavy atom. The number of methoxy groups -OCH3 is 1. The van der Waals surface area contributed by atoms with Crippen LogP contribution in [0, 0.1) is 0 Å². The number of fused-ring (bicyclic) bond motifs is 1. The Morgan fingerprint density at radius 3 is 2.50 bits per heavy atom. The number of alkyl halides is 1. The van der Waals surface area contributed by atoms with Crippen LogP contribution in [0.15, 0.2) is 0 Å². The molecule has 0 radical (unpaired) electrons. The first-order valence-electron chi connectivity index (χ1n) is 4.67. The summed E-state index contributed by atoms with van der Waals surface area (Å²) < 4.78 is 23.3. The van der Waals surface area contributed by atoms with Crippen LogP contribution in [-0.4, -0.2) is 41.9 Å². The van der Waals surface area contributed by atoms with Crippen molar-refractivity contribution < 1.29 is 18.9 Å². The minimum absolute atomic E-state index is 0.00634. The molecule has 0 aromatic carbocycles. The van der Waals surface area contributed by atoms with Crippen molar-refractivity contribution in [2.45, 2.75) is 44.2 Å². The predicted octanol–water partition coefficient (Wildman–Crippen LogP) is 1.31. The summed E-state index contributed by atoms with van der Waals surface area (Å²) in [4.78, 5) is 0. The van der Waals surface area contributed by atoms with Gasteiger partial charge in [-0.05, 0) is 13.8 Å². The zero-order valence-corrected chi connectivity index (χ0v) is 10.7. The Balaban J connectivity index is 2.12. The lowest BCUT2D eigenvalue weighted by molar-refractivity contribution is -0.223. The van der Waals surface area contributed by atoms with Crippen molar-refractivity contribution in [3.63, 3.8) is 0 Å². The zero-order chi connectivity index (χ0) is 10.3. The molecule has 2 rings (SSSR count). The minimum atomic E-state index is -0.514. The molecule has 4 atom stereocenters. The molecule has 14 heavy (non-hydrogen) atoms. The summed E-state index contributed by atoms with van der Waals surface area (Å²) in [7, 11) is 1.63. The van der Waals surface area contributed by atoms with Crippen molar-refractivity contribution in [1.29, 1.82) is 0 Å². The second-order valence-electron chi connectivity index (χ2n) is 4.00. The first-order chi connectivity index (χ1) is 6.57. The highest BCUT2D eigenvalue weighted by atomic mass is 127. The third-order valence-electron chi connectivity index (χ3n) is 2.49. The molecule has 2 heterocycles. The van der Waals surface area contributed by atoms with Gasteiger partial charge < -0.3 is 18.9 Å². The van der Waals surface area contributed by atoms with Crippen LogP contribution in [0.1, 0.15) is 13.8 Å². The van der Waals surface area contributed by atoms with Crippen LogP contribution in [0.25, 0.3) is 0 Å². The van der Waals surface area contributed by atoms with Gasteiger partial charge in [-0.1, -0.05) is 22.6 Å². The molecule has 0 N–H and O–H groups in total. The number of rotatable bonds is 2. The van der Waals surface area contributed by atoms with Crippen molar-refractivity contribution >= 4 is 22.6 Å². The topological polar surface area (TPSA) is 36.9 Å². The normalized spacial score (nSPS) is 45.4. The van der Waals surface area contributed by atoms with Crippen LogP contribution in [0.2, 0.25) is 0 Å². The predicted molar refractivity (Wildman–Crippen MR) is 58.4 cm³/mol. The van der Waals surface area contributed by atoms with E-state index in [1.54, 1.807) is 7.11 Å². The molecule has 5 heteroatoms. The average molecular weight is 314 g/mol. The Labute approximate surface area is 97.4 Å². The second-order valence-corrected chi connectivity index (χ2v) is 4.88. The molecule has 1 unspecified atom stereocenters. The van der Waals surface area contributed by atoms with Crippen molar-refractivity contribution in [3.8, 4) is 0 Å². The molecule has 2 aliphatic heterocycles. The van der Waals surface area contributed by atoms with E-state index in [4.69, 9.17) is 18.9 Å². The SMILES string of the molecule is COC1O[C@@H](CI)[C@@H]2OC(C)(C)O[C@H]12. The zero-order valence-electron chi connectivity index (χ0n) is 8.53. The highest BCUT2D eigenvalue weighted by Gasteiger charge is 2.55. The van der Waals surface area contributed by atoms with E-state index in [9.17, 15) is 0 Å². The molecular formula is C9H15IO4. The highest BCUT2D eigenvalue weighted by molar-refractivity contribution is 14.1. The third kappa shape index (κ3) is 1.80. The van der Waals surface area contributed by atoms with Gasteiger partial charge in [-0.2, -0.15) is 0 Å². The van der Waals surface area contributed by atoms with E-state index in [-0.39, 0.29) is 24.6 Å². The quantitative estimate of drug-likeness (QED) is 0.569. The fraction of sp³-hybridized carbons (Fsp3) is 1.00. The van der Waals surface area contributed by atoms with E-state index in [1.807, 2.05) is 13.8 Å². The highest BCUT2D eigenvalue weighted by Crippen LogP contribution is 2.39. The molecule has 0 aromatic heterocycles. The van der Waals surface area contributed by atoms with Gasteiger partial charge in [0.15, 0.2) is 12.1 Å². The van der Waals surface area contributed by atoms with E-state index >= 15 is 0 Å². The maximum absolute atomic E-state index is 5.78. The molecule has 0 aromatic rings. The first kappa shape index (κ1) is 11.1. The molecule has 2 fully saturated rings. The number of hydrogen-bond donors (Lipinski definition) is 0. The van der Waals surface area contributed by atoms with E-state index in [1.165, 1.54) is 0 Å². The molecule has 0 spiro atoms. The molecule has 4 nitrogen and oxygen atoms in total. The molecular weight excluding hydrogens is 299 g/mol. The second kappa shape index (κ2) is 3.86. The summed E-state index contributed by atoms with van der Waals surface area (Å²) >= 11 is 2.29. The number of hydrogen-bond acceptors (Lipinski definition) is 4. The Morgan fingerprint density at radius 1 is 1.29 bits per heavy atom. The smallest absolute Gasteiger partial charge is 0.186 e. The lowest BCUT2D eigenvalue weighted by Gasteiger charge is -2.22. The molecule has 0 amide bonds. The standard InChI is InChI=1S/C9H15IO4/c1-9(2)13-6-5(4-10)12-8(11-3)7(6)14-9/h5-8H,4H2,1-3H3/t5-,6-,7-,8?/m0/s1. The van der Waals surface area contributed by atoms with E-state index in [2.05, 4.69) is 22.6 Å². The summed E-state index contributed by atoms with van der Waals surface area (Å²) in [5.74, 6) is -0.514. The van der Waals surface area contributed by atoms with Crippen molar-refractivity contribution in [3.05, 3.63) is 0 Å². The van der Waals surface area contributed by atoms with Crippen LogP contribution in [0.4, 0.5) is 0 Å². The largest absolute Gasteiger partial charge is 0.353 e. The van der Waals surface area contributed by atoms with Gasteiger partial charge in [-0.25, -0.2) is 0 Å². The third-order valence-corrected chi connectivity index (χ3v) is 3.36. The van der Waals surface area contributed by atoms with Crippen molar-refractivity contribution in [2.24, 2.45) is 0 Å². The van der Waals surface area contributed by atoms with Gasteiger partial charge in [0, 0.05) is 11.5 Å². The van der Waals surface area contributed by atoms with Gasteiger partial charge in [-0.15, -0.1) is 0 Å². The maximum Gasteiger partial charge on any atom is 0.186 e. The number of halogens is 1. The van der Waals surface area contributed by atoms with E-state index in [0.29, 0.717) is 0 Å². The van der Waals surface area contributed by atoms with Crippen LogP contribution < -0.4 is 0 Å². The van der Waals surface area contributed by atoms with Crippen LogP contribution in [-0.2, 0) is 18.9 Å². The Bertz CT molecular complexity index is 201. The fourth-order valence-electron chi connectivity index (χ4n) is 1.96. The summed E-state index contributed by atoms with van der Waals surface area (Å²) in [6.07, 6.45) is -0.296. The molecule has 0 bridgehead atoms. The Hall–Kier alpha value is 0.570. The maximum atomic E-state index is 5.78.